The molecule has 29 heavy (non-hydrogen) atoms. The number of rotatable bonds is 7. The Hall–Kier alpha value is -3.02. The maximum atomic E-state index is 12.6. The summed E-state index contributed by atoms with van der Waals surface area (Å²) in [4.78, 5) is 22.4. The molecular weight excluding hydrogens is 400 g/mol. The number of benzene rings is 2. The van der Waals surface area contributed by atoms with Gasteiger partial charge in [0.15, 0.2) is 0 Å². The molecule has 1 heterocycles. The number of non-ortho nitro benzene ring substituents is 1. The zero-order valence-electron chi connectivity index (χ0n) is 15.4. The maximum absolute atomic E-state index is 12.6. The van der Waals surface area contributed by atoms with E-state index < -0.39 is 14.9 Å². The Morgan fingerprint density at radius 3 is 2.21 bits per heavy atom. The fourth-order valence-corrected chi connectivity index (χ4v) is 4.14. The second-order valence-corrected chi connectivity index (χ2v) is 8.18. The number of amides is 1. The summed E-state index contributed by atoms with van der Waals surface area (Å²) in [5.74, 6) is -0.341. The summed E-state index contributed by atoms with van der Waals surface area (Å²) in [6.45, 7) is 1.32. The van der Waals surface area contributed by atoms with Crippen molar-refractivity contribution >= 4 is 33.0 Å². The third-order valence-electron chi connectivity index (χ3n) is 4.28. The number of hydrogen-bond acceptors (Lipinski definition) is 7. The van der Waals surface area contributed by atoms with Gasteiger partial charge in [0.2, 0.25) is 15.9 Å². The van der Waals surface area contributed by atoms with E-state index in [0.29, 0.717) is 37.7 Å². The number of nitrogens with one attached hydrogen (secondary N) is 2. The largest absolute Gasteiger partial charge is 0.379 e. The lowest BCUT2D eigenvalue weighted by atomic mass is 10.3. The fourth-order valence-electron chi connectivity index (χ4n) is 2.73. The Balaban J connectivity index is 1.55. The van der Waals surface area contributed by atoms with Crippen LogP contribution in [0.3, 0.4) is 0 Å². The van der Waals surface area contributed by atoms with Crippen LogP contribution < -0.4 is 10.6 Å². The van der Waals surface area contributed by atoms with Gasteiger partial charge >= 0.3 is 0 Å². The van der Waals surface area contributed by atoms with Crippen LogP contribution in [0, 0.1) is 10.1 Å². The van der Waals surface area contributed by atoms with Crippen LogP contribution in [0.15, 0.2) is 53.4 Å². The van der Waals surface area contributed by atoms with Crippen LogP contribution in [0.4, 0.5) is 17.1 Å². The van der Waals surface area contributed by atoms with Crippen molar-refractivity contribution in [2.45, 2.75) is 4.90 Å². The van der Waals surface area contributed by atoms with Gasteiger partial charge in [-0.25, -0.2) is 8.42 Å². The zero-order valence-corrected chi connectivity index (χ0v) is 16.2. The fraction of sp³-hybridized carbons (Fsp3) is 0.278. The molecule has 0 atom stereocenters. The molecule has 1 fully saturated rings. The molecule has 0 aromatic heterocycles. The molecule has 0 spiro atoms. The standard InChI is InChI=1S/C18H20N4O6S/c23-18(13-19-14-1-5-16(6-2-14)22(24)25)20-15-3-7-17(8-4-15)29(26,27)21-9-11-28-12-10-21/h1-8,19H,9-13H2,(H,20,23). The predicted octanol–water partition coefficient (Wildman–Crippen LogP) is 1.67. The minimum Gasteiger partial charge on any atom is -0.379 e. The molecule has 154 valence electrons. The van der Waals surface area contributed by atoms with Crippen LogP contribution in [0.1, 0.15) is 0 Å². The Morgan fingerprint density at radius 1 is 1.03 bits per heavy atom. The lowest BCUT2D eigenvalue weighted by molar-refractivity contribution is -0.384. The van der Waals surface area contributed by atoms with E-state index in [1.54, 1.807) is 0 Å². The van der Waals surface area contributed by atoms with Gasteiger partial charge in [-0.05, 0) is 36.4 Å². The summed E-state index contributed by atoms with van der Waals surface area (Å²) < 4.78 is 31.7. The first-order valence-electron chi connectivity index (χ1n) is 8.82. The van der Waals surface area contributed by atoms with Gasteiger partial charge in [0.1, 0.15) is 0 Å². The molecule has 10 nitrogen and oxygen atoms in total. The number of nitrogens with zero attached hydrogens (tertiary/aromatic N) is 2. The van der Waals surface area contributed by atoms with Crippen molar-refractivity contribution in [2.24, 2.45) is 0 Å². The average Bonchev–Trinajstić information content (AvgIpc) is 2.73. The third-order valence-corrected chi connectivity index (χ3v) is 6.19. The van der Waals surface area contributed by atoms with E-state index in [4.69, 9.17) is 4.74 Å². The molecule has 2 aromatic carbocycles. The van der Waals surface area contributed by atoms with Crippen molar-refractivity contribution in [3.05, 3.63) is 58.6 Å². The molecule has 11 heteroatoms. The minimum absolute atomic E-state index is 0.0351. The van der Waals surface area contributed by atoms with Crippen molar-refractivity contribution in [1.29, 1.82) is 0 Å². The molecule has 1 aliphatic rings. The van der Waals surface area contributed by atoms with E-state index in [0.717, 1.165) is 0 Å². The van der Waals surface area contributed by atoms with Gasteiger partial charge in [0.25, 0.3) is 5.69 Å². The lowest BCUT2D eigenvalue weighted by Gasteiger charge is -2.26. The van der Waals surface area contributed by atoms with Gasteiger partial charge in [0, 0.05) is 36.6 Å². The van der Waals surface area contributed by atoms with Gasteiger partial charge in [0.05, 0.1) is 29.6 Å². The average molecular weight is 420 g/mol. The summed E-state index contributed by atoms with van der Waals surface area (Å²) in [6.07, 6.45) is 0. The summed E-state index contributed by atoms with van der Waals surface area (Å²) in [5.41, 5.74) is 0.992. The molecule has 2 N–H and O–H groups in total. The van der Waals surface area contributed by atoms with Gasteiger partial charge < -0.3 is 15.4 Å². The Kier molecular flexibility index (Phi) is 6.42. The molecule has 0 unspecified atom stereocenters. The quantitative estimate of drug-likeness (QED) is 0.514. The van der Waals surface area contributed by atoms with Crippen LogP contribution in [0.25, 0.3) is 0 Å². The Labute approximate surface area is 167 Å². The number of carbonyl (C=O) groups excluding carboxylic acids is 1. The van der Waals surface area contributed by atoms with Gasteiger partial charge in [-0.1, -0.05) is 0 Å². The van der Waals surface area contributed by atoms with E-state index >= 15 is 0 Å². The molecule has 0 saturated carbocycles. The summed E-state index contributed by atoms with van der Waals surface area (Å²) in [5, 5.41) is 16.2. The highest BCUT2D eigenvalue weighted by Crippen LogP contribution is 2.19. The number of nitro groups is 1. The number of morpholine rings is 1. The topological polar surface area (TPSA) is 131 Å². The molecular formula is C18H20N4O6S. The van der Waals surface area contributed by atoms with Crippen molar-refractivity contribution in [1.82, 2.24) is 4.31 Å². The normalized spacial score (nSPS) is 14.9. The molecule has 1 amide bonds. The van der Waals surface area contributed by atoms with E-state index in [1.807, 2.05) is 0 Å². The van der Waals surface area contributed by atoms with Crippen molar-refractivity contribution in [3.8, 4) is 0 Å². The zero-order chi connectivity index (χ0) is 20.9. The SMILES string of the molecule is O=C(CNc1ccc([N+](=O)[O-])cc1)Nc1ccc(S(=O)(=O)N2CCOCC2)cc1. The van der Waals surface area contributed by atoms with Gasteiger partial charge in [-0.2, -0.15) is 4.31 Å². The first kappa shape index (κ1) is 20.7. The number of ether oxygens (including phenoxy) is 1. The number of hydrogen-bond donors (Lipinski definition) is 2. The first-order chi connectivity index (χ1) is 13.9. The first-order valence-corrected chi connectivity index (χ1v) is 10.3. The highest BCUT2D eigenvalue weighted by Gasteiger charge is 2.26. The van der Waals surface area contributed by atoms with Crippen LogP contribution in [-0.4, -0.2) is 56.4 Å². The van der Waals surface area contributed by atoms with Crippen LogP contribution in [0.5, 0.6) is 0 Å². The summed E-state index contributed by atoms with van der Waals surface area (Å²) in [7, 11) is -3.58. The predicted molar refractivity (Wildman–Crippen MR) is 106 cm³/mol. The van der Waals surface area contributed by atoms with E-state index in [9.17, 15) is 23.3 Å². The Morgan fingerprint density at radius 2 is 1.62 bits per heavy atom. The minimum atomic E-state index is -3.58. The van der Waals surface area contributed by atoms with Crippen LogP contribution in [0.2, 0.25) is 0 Å². The smallest absolute Gasteiger partial charge is 0.269 e. The van der Waals surface area contributed by atoms with Crippen LogP contribution in [-0.2, 0) is 19.6 Å². The van der Waals surface area contributed by atoms with E-state index in [1.165, 1.54) is 52.8 Å². The molecule has 1 saturated heterocycles. The highest BCUT2D eigenvalue weighted by molar-refractivity contribution is 7.89. The molecule has 0 bridgehead atoms. The maximum Gasteiger partial charge on any atom is 0.269 e. The van der Waals surface area contributed by atoms with Crippen LogP contribution >= 0.6 is 0 Å². The van der Waals surface area contributed by atoms with Gasteiger partial charge in [-0.3, -0.25) is 14.9 Å². The molecule has 1 aliphatic heterocycles. The third kappa shape index (κ3) is 5.28. The summed E-state index contributed by atoms with van der Waals surface area (Å²) in [6, 6.07) is 11.7. The van der Waals surface area contributed by atoms with Crippen molar-refractivity contribution in [2.75, 3.05) is 43.5 Å². The molecule has 0 radical (unpaired) electrons. The van der Waals surface area contributed by atoms with E-state index in [-0.39, 0.29) is 23.0 Å². The van der Waals surface area contributed by atoms with Crippen molar-refractivity contribution < 1.29 is 22.9 Å². The highest BCUT2D eigenvalue weighted by atomic mass is 32.2. The monoisotopic (exact) mass is 420 g/mol. The summed E-state index contributed by atoms with van der Waals surface area (Å²) >= 11 is 0. The number of sulfonamides is 1. The second-order valence-electron chi connectivity index (χ2n) is 6.25. The van der Waals surface area contributed by atoms with Crippen molar-refractivity contribution in [3.63, 3.8) is 0 Å². The molecule has 3 rings (SSSR count). The van der Waals surface area contributed by atoms with Gasteiger partial charge in [-0.15, -0.1) is 0 Å². The number of carbonyl (C=O) groups is 1. The number of nitro benzene ring substituents is 1. The Bertz CT molecular complexity index is 970. The van der Waals surface area contributed by atoms with E-state index in [2.05, 4.69) is 10.6 Å². The molecule has 0 aliphatic carbocycles. The molecule has 2 aromatic rings. The second kappa shape index (κ2) is 8.99. The lowest BCUT2D eigenvalue weighted by Crippen LogP contribution is -2.40. The number of anilines is 2.